The molecule has 0 fully saturated rings. The first kappa shape index (κ1) is 14.7. The van der Waals surface area contributed by atoms with E-state index < -0.39 is 5.97 Å². The number of benzene rings is 2. The molecule has 0 radical (unpaired) electrons. The molecule has 1 N–H and O–H groups in total. The summed E-state index contributed by atoms with van der Waals surface area (Å²) < 4.78 is 9.78. The van der Waals surface area contributed by atoms with Crippen molar-refractivity contribution in [3.63, 3.8) is 0 Å². The molecule has 21 heavy (non-hydrogen) atoms. The second kappa shape index (κ2) is 6.61. The lowest BCUT2D eigenvalue weighted by Gasteiger charge is -2.05. The van der Waals surface area contributed by atoms with E-state index >= 15 is 0 Å². The Morgan fingerprint density at radius 1 is 1.05 bits per heavy atom. The molecule has 108 valence electrons. The van der Waals surface area contributed by atoms with E-state index in [1.54, 1.807) is 36.4 Å². The fourth-order valence-electron chi connectivity index (χ4n) is 1.91. The van der Waals surface area contributed by atoms with Crippen LogP contribution in [0.15, 0.2) is 42.5 Å². The van der Waals surface area contributed by atoms with Crippen LogP contribution in [0.3, 0.4) is 0 Å². The lowest BCUT2D eigenvalue weighted by atomic mass is 10.1. The largest absolute Gasteiger partial charge is 0.507 e. The molecule has 0 atom stereocenters. The van der Waals surface area contributed by atoms with Crippen molar-refractivity contribution in [1.29, 1.82) is 0 Å². The molecule has 0 saturated carbocycles. The van der Waals surface area contributed by atoms with Crippen molar-refractivity contribution in [3.8, 4) is 11.5 Å². The molecule has 0 aromatic heterocycles. The normalized spacial score (nSPS) is 10.6. The summed E-state index contributed by atoms with van der Waals surface area (Å²) >= 11 is 0. The number of ether oxygens (including phenoxy) is 2. The highest BCUT2D eigenvalue weighted by molar-refractivity contribution is 5.94. The van der Waals surface area contributed by atoms with Crippen LogP contribution in [-0.2, 0) is 4.74 Å². The van der Waals surface area contributed by atoms with Gasteiger partial charge in [-0.15, -0.1) is 0 Å². The Labute approximate surface area is 123 Å². The zero-order valence-electron chi connectivity index (χ0n) is 11.9. The van der Waals surface area contributed by atoms with Gasteiger partial charge in [-0.25, -0.2) is 4.79 Å². The number of rotatable bonds is 4. The number of phenolic OH excluding ortho intramolecular Hbond substituents is 1. The van der Waals surface area contributed by atoms with Crippen LogP contribution < -0.4 is 4.74 Å². The SMILES string of the molecule is COC(=O)c1ccccc1C=Cc1ccc(OC)cc1O. The molecule has 2 aromatic rings. The number of carbonyl (C=O) groups is 1. The number of hydrogen-bond donors (Lipinski definition) is 1. The van der Waals surface area contributed by atoms with E-state index in [2.05, 4.69) is 0 Å². The van der Waals surface area contributed by atoms with E-state index in [4.69, 9.17) is 9.47 Å². The van der Waals surface area contributed by atoms with Crippen LogP contribution >= 0.6 is 0 Å². The Balaban J connectivity index is 2.32. The maximum absolute atomic E-state index is 11.7. The van der Waals surface area contributed by atoms with E-state index in [1.807, 2.05) is 12.1 Å². The monoisotopic (exact) mass is 284 g/mol. The van der Waals surface area contributed by atoms with Crippen LogP contribution in [0.25, 0.3) is 12.2 Å². The predicted octanol–water partition coefficient (Wildman–Crippen LogP) is 3.36. The summed E-state index contributed by atoms with van der Waals surface area (Å²) in [5.74, 6) is 0.301. The quantitative estimate of drug-likeness (QED) is 0.691. The van der Waals surface area contributed by atoms with Gasteiger partial charge in [0.2, 0.25) is 0 Å². The van der Waals surface area contributed by atoms with Crippen molar-refractivity contribution in [1.82, 2.24) is 0 Å². The minimum absolute atomic E-state index is 0.112. The highest BCUT2D eigenvalue weighted by Crippen LogP contribution is 2.25. The van der Waals surface area contributed by atoms with E-state index in [0.717, 1.165) is 5.56 Å². The summed E-state index contributed by atoms with van der Waals surface area (Å²) in [5, 5.41) is 9.90. The number of phenols is 1. The molecule has 4 heteroatoms. The molecule has 0 unspecified atom stereocenters. The van der Waals surface area contributed by atoms with Crippen LogP contribution in [0.4, 0.5) is 0 Å². The molecule has 0 heterocycles. The van der Waals surface area contributed by atoms with Crippen molar-refractivity contribution in [2.75, 3.05) is 14.2 Å². The number of esters is 1. The topological polar surface area (TPSA) is 55.8 Å². The molecule has 0 aliphatic rings. The summed E-state index contributed by atoms with van der Waals surface area (Å²) in [5.41, 5.74) is 1.83. The standard InChI is InChI=1S/C17H16O4/c1-20-14-10-9-13(16(18)11-14)8-7-12-5-3-4-6-15(12)17(19)21-2/h3-11,18H,1-2H3. The van der Waals surface area contributed by atoms with Gasteiger partial charge in [-0.05, 0) is 23.8 Å². The Kier molecular flexibility index (Phi) is 4.61. The lowest BCUT2D eigenvalue weighted by Crippen LogP contribution is -2.02. The minimum Gasteiger partial charge on any atom is -0.507 e. The lowest BCUT2D eigenvalue weighted by molar-refractivity contribution is 0.0600. The van der Waals surface area contributed by atoms with E-state index in [-0.39, 0.29) is 5.75 Å². The summed E-state index contributed by atoms with van der Waals surface area (Å²) in [6, 6.07) is 12.1. The average molecular weight is 284 g/mol. The first-order valence-corrected chi connectivity index (χ1v) is 6.38. The van der Waals surface area contributed by atoms with Crippen molar-refractivity contribution in [3.05, 3.63) is 59.2 Å². The van der Waals surface area contributed by atoms with Crippen LogP contribution in [0.1, 0.15) is 21.5 Å². The highest BCUT2D eigenvalue weighted by Gasteiger charge is 2.08. The Morgan fingerprint density at radius 3 is 2.43 bits per heavy atom. The number of carbonyl (C=O) groups excluding carboxylic acids is 1. The molecule has 0 spiro atoms. The zero-order valence-corrected chi connectivity index (χ0v) is 11.9. The van der Waals surface area contributed by atoms with Gasteiger partial charge in [0.05, 0.1) is 19.8 Å². The first-order valence-electron chi connectivity index (χ1n) is 6.38. The number of aromatic hydroxyl groups is 1. The maximum atomic E-state index is 11.7. The Hall–Kier alpha value is -2.75. The summed E-state index contributed by atoms with van der Waals surface area (Å²) in [6.45, 7) is 0. The summed E-state index contributed by atoms with van der Waals surface area (Å²) in [4.78, 5) is 11.7. The van der Waals surface area contributed by atoms with Crippen molar-refractivity contribution in [2.24, 2.45) is 0 Å². The fraction of sp³-hybridized carbons (Fsp3) is 0.118. The van der Waals surface area contributed by atoms with E-state index in [1.165, 1.54) is 20.3 Å². The molecule has 2 aromatic carbocycles. The van der Waals surface area contributed by atoms with Gasteiger partial charge in [-0.3, -0.25) is 0 Å². The summed E-state index contributed by atoms with van der Waals surface area (Å²) in [6.07, 6.45) is 3.49. The zero-order chi connectivity index (χ0) is 15.2. The van der Waals surface area contributed by atoms with E-state index in [9.17, 15) is 9.90 Å². The fourth-order valence-corrected chi connectivity index (χ4v) is 1.91. The third kappa shape index (κ3) is 3.42. The van der Waals surface area contributed by atoms with Crippen LogP contribution in [-0.4, -0.2) is 25.3 Å². The van der Waals surface area contributed by atoms with E-state index in [0.29, 0.717) is 16.9 Å². The predicted molar refractivity (Wildman–Crippen MR) is 81.4 cm³/mol. The molecule has 0 aliphatic heterocycles. The molecule has 0 saturated heterocycles. The maximum Gasteiger partial charge on any atom is 0.338 e. The average Bonchev–Trinajstić information content (AvgIpc) is 2.53. The van der Waals surface area contributed by atoms with Gasteiger partial charge in [-0.1, -0.05) is 30.4 Å². The van der Waals surface area contributed by atoms with Gasteiger partial charge < -0.3 is 14.6 Å². The van der Waals surface area contributed by atoms with Crippen LogP contribution in [0.2, 0.25) is 0 Å². The molecule has 0 aliphatic carbocycles. The molecule has 0 amide bonds. The second-order valence-corrected chi connectivity index (χ2v) is 4.34. The van der Waals surface area contributed by atoms with Gasteiger partial charge in [0.1, 0.15) is 11.5 Å². The molecule has 4 nitrogen and oxygen atoms in total. The van der Waals surface area contributed by atoms with Gasteiger partial charge >= 0.3 is 5.97 Å². The molecule has 2 rings (SSSR count). The third-order valence-electron chi connectivity index (χ3n) is 3.05. The Morgan fingerprint density at radius 2 is 1.76 bits per heavy atom. The summed E-state index contributed by atoms with van der Waals surface area (Å²) in [7, 11) is 2.88. The number of methoxy groups -OCH3 is 2. The van der Waals surface area contributed by atoms with Crippen molar-refractivity contribution in [2.45, 2.75) is 0 Å². The van der Waals surface area contributed by atoms with Crippen LogP contribution in [0, 0.1) is 0 Å². The van der Waals surface area contributed by atoms with Gasteiger partial charge in [0.15, 0.2) is 0 Å². The smallest absolute Gasteiger partial charge is 0.338 e. The molecular weight excluding hydrogens is 268 g/mol. The highest BCUT2D eigenvalue weighted by atomic mass is 16.5. The second-order valence-electron chi connectivity index (χ2n) is 4.34. The first-order chi connectivity index (χ1) is 10.2. The van der Waals surface area contributed by atoms with Crippen molar-refractivity contribution >= 4 is 18.1 Å². The molecular formula is C17H16O4. The van der Waals surface area contributed by atoms with Gasteiger partial charge in [0, 0.05) is 11.6 Å². The third-order valence-corrected chi connectivity index (χ3v) is 3.05. The number of hydrogen-bond acceptors (Lipinski definition) is 4. The minimum atomic E-state index is -0.394. The Bertz CT molecular complexity index is 674. The van der Waals surface area contributed by atoms with Crippen LogP contribution in [0.5, 0.6) is 11.5 Å². The molecule has 0 bridgehead atoms. The van der Waals surface area contributed by atoms with Gasteiger partial charge in [0.25, 0.3) is 0 Å². The van der Waals surface area contributed by atoms with Crippen molar-refractivity contribution < 1.29 is 19.4 Å². The van der Waals surface area contributed by atoms with Gasteiger partial charge in [-0.2, -0.15) is 0 Å².